The summed E-state index contributed by atoms with van der Waals surface area (Å²) in [4.78, 5) is 3.73. The summed E-state index contributed by atoms with van der Waals surface area (Å²) < 4.78 is 0. The summed E-state index contributed by atoms with van der Waals surface area (Å²) in [5.41, 5.74) is 5.84. The normalized spacial score (nSPS) is 10.0. The molecule has 0 spiro atoms. The van der Waals surface area contributed by atoms with Crippen molar-refractivity contribution in [2.45, 2.75) is 6.92 Å². The van der Waals surface area contributed by atoms with Crippen molar-refractivity contribution in [3.05, 3.63) is 22.1 Å². The molecule has 0 amide bonds. The molecule has 0 aliphatic carbocycles. The van der Waals surface area contributed by atoms with Crippen molar-refractivity contribution in [1.29, 1.82) is 0 Å². The number of halogens is 1. The minimum absolute atomic E-state index is 0.00287. The van der Waals surface area contributed by atoms with Gasteiger partial charge in [-0.05, 0) is 13.0 Å². The van der Waals surface area contributed by atoms with Gasteiger partial charge in [0.15, 0.2) is 5.15 Å². The second-order valence-corrected chi connectivity index (χ2v) is 2.60. The van der Waals surface area contributed by atoms with Crippen molar-refractivity contribution >= 4 is 23.0 Å². The first-order valence-electron chi connectivity index (χ1n) is 3.11. The number of rotatable bonds is 1. The Hall–Kier alpha value is -1.04. The Labute approximate surface area is 73.9 Å². The molecule has 0 saturated heterocycles. The highest BCUT2D eigenvalue weighted by atomic mass is 35.5. The van der Waals surface area contributed by atoms with Crippen LogP contribution in [0.2, 0.25) is 5.15 Å². The van der Waals surface area contributed by atoms with Crippen molar-refractivity contribution in [1.82, 2.24) is 4.98 Å². The van der Waals surface area contributed by atoms with Gasteiger partial charge in [0, 0.05) is 0 Å². The van der Waals surface area contributed by atoms with Crippen LogP contribution in [0.1, 0.15) is 5.69 Å². The molecular weight excluding hydrogens is 182 g/mol. The van der Waals surface area contributed by atoms with Gasteiger partial charge < -0.3 is 16.2 Å². The molecule has 0 atom stereocenters. The van der Waals surface area contributed by atoms with E-state index in [2.05, 4.69) is 4.98 Å². The summed E-state index contributed by atoms with van der Waals surface area (Å²) in [6.07, 6.45) is 0. The standard InChI is InChI=1S/C6H7ClN3O2/c1-3-5(10(11)12)2-4(8)6(7)9-3/h2,11H,8H2,1H3/q-1. The summed E-state index contributed by atoms with van der Waals surface area (Å²) >= 11 is 5.55. The summed E-state index contributed by atoms with van der Waals surface area (Å²) in [7, 11) is 0. The zero-order valence-corrected chi connectivity index (χ0v) is 7.04. The molecule has 0 unspecified atom stereocenters. The Bertz CT molecular complexity index is 303. The van der Waals surface area contributed by atoms with Gasteiger partial charge in [-0.25, -0.2) is 4.98 Å². The number of anilines is 2. The van der Waals surface area contributed by atoms with Crippen LogP contribution in [0.15, 0.2) is 6.07 Å². The Morgan fingerprint density at radius 2 is 2.33 bits per heavy atom. The second-order valence-electron chi connectivity index (χ2n) is 2.25. The molecule has 1 rings (SSSR count). The SMILES string of the molecule is Cc1nc(Cl)c(N)cc1N([O-])O. The first-order chi connectivity index (χ1) is 5.52. The van der Waals surface area contributed by atoms with E-state index in [1.165, 1.54) is 6.07 Å². The molecule has 0 bridgehead atoms. The van der Waals surface area contributed by atoms with E-state index in [0.29, 0.717) is 5.69 Å². The highest BCUT2D eigenvalue weighted by Crippen LogP contribution is 2.24. The third-order valence-electron chi connectivity index (χ3n) is 1.37. The predicted octanol–water partition coefficient (Wildman–Crippen LogP) is 1.32. The molecule has 0 radical (unpaired) electrons. The van der Waals surface area contributed by atoms with Crippen LogP contribution in [-0.4, -0.2) is 10.2 Å². The van der Waals surface area contributed by atoms with Gasteiger partial charge in [0.25, 0.3) is 0 Å². The van der Waals surface area contributed by atoms with Crippen molar-refractivity contribution < 1.29 is 5.21 Å². The first kappa shape index (κ1) is 9.05. The number of hydrogen-bond acceptors (Lipinski definition) is 5. The van der Waals surface area contributed by atoms with Gasteiger partial charge in [0.1, 0.15) is 0 Å². The van der Waals surface area contributed by atoms with Crippen LogP contribution >= 0.6 is 11.6 Å². The number of nitrogen functional groups attached to an aromatic ring is 1. The molecule has 1 aromatic rings. The van der Waals surface area contributed by atoms with Crippen molar-refractivity contribution in [2.75, 3.05) is 11.0 Å². The summed E-state index contributed by atoms with van der Waals surface area (Å²) in [6, 6.07) is 1.26. The number of aryl methyl sites for hydroxylation is 1. The molecular formula is C6H7ClN3O2-. The van der Waals surface area contributed by atoms with Gasteiger partial charge in [0.2, 0.25) is 0 Å². The van der Waals surface area contributed by atoms with Gasteiger partial charge in [0.05, 0.1) is 17.1 Å². The van der Waals surface area contributed by atoms with Gasteiger partial charge in [-0.15, -0.1) is 0 Å². The fourth-order valence-corrected chi connectivity index (χ4v) is 0.955. The number of nitrogens with zero attached hydrogens (tertiary/aromatic N) is 2. The molecule has 66 valence electrons. The third kappa shape index (κ3) is 1.58. The highest BCUT2D eigenvalue weighted by molar-refractivity contribution is 6.31. The van der Waals surface area contributed by atoms with E-state index in [-0.39, 0.29) is 21.8 Å². The van der Waals surface area contributed by atoms with E-state index in [4.69, 9.17) is 22.5 Å². The van der Waals surface area contributed by atoms with Crippen LogP contribution in [0, 0.1) is 12.1 Å². The van der Waals surface area contributed by atoms with E-state index in [1.807, 2.05) is 0 Å². The van der Waals surface area contributed by atoms with Crippen LogP contribution in [-0.2, 0) is 0 Å². The molecule has 0 fully saturated rings. The topological polar surface area (TPSA) is 85.4 Å². The Balaban J connectivity index is 3.23. The van der Waals surface area contributed by atoms with E-state index in [0.717, 1.165) is 0 Å². The van der Waals surface area contributed by atoms with Gasteiger partial charge in [-0.1, -0.05) is 11.6 Å². The number of nitrogens with two attached hydrogens (primary N) is 1. The Morgan fingerprint density at radius 3 is 2.83 bits per heavy atom. The van der Waals surface area contributed by atoms with Crippen LogP contribution in [0.25, 0.3) is 0 Å². The largest absolute Gasteiger partial charge is 0.733 e. The maximum atomic E-state index is 10.5. The lowest BCUT2D eigenvalue weighted by Crippen LogP contribution is -2.10. The molecule has 0 aliphatic rings. The highest BCUT2D eigenvalue weighted by Gasteiger charge is 2.04. The van der Waals surface area contributed by atoms with Crippen LogP contribution in [0.4, 0.5) is 11.4 Å². The minimum atomic E-state index is -0.297. The monoisotopic (exact) mass is 188 g/mol. The summed E-state index contributed by atoms with van der Waals surface area (Å²) in [6.45, 7) is 1.54. The fourth-order valence-electron chi connectivity index (χ4n) is 0.774. The van der Waals surface area contributed by atoms with E-state index >= 15 is 0 Å². The average Bonchev–Trinajstić information content (AvgIpc) is 1.96. The molecule has 6 heteroatoms. The maximum absolute atomic E-state index is 10.5. The average molecular weight is 189 g/mol. The number of aromatic nitrogens is 1. The van der Waals surface area contributed by atoms with E-state index in [9.17, 15) is 5.21 Å². The lowest BCUT2D eigenvalue weighted by Gasteiger charge is -2.23. The molecule has 0 aromatic carbocycles. The molecule has 3 N–H and O–H groups in total. The van der Waals surface area contributed by atoms with E-state index < -0.39 is 0 Å². The van der Waals surface area contributed by atoms with Crippen molar-refractivity contribution in [3.8, 4) is 0 Å². The van der Waals surface area contributed by atoms with Crippen molar-refractivity contribution in [3.63, 3.8) is 0 Å². The smallest absolute Gasteiger partial charge is 0.152 e. The molecule has 12 heavy (non-hydrogen) atoms. The molecule has 5 nitrogen and oxygen atoms in total. The van der Waals surface area contributed by atoms with Crippen molar-refractivity contribution in [2.24, 2.45) is 0 Å². The zero-order valence-electron chi connectivity index (χ0n) is 6.28. The molecule has 1 aromatic heterocycles. The Kier molecular flexibility index (Phi) is 2.37. The lowest BCUT2D eigenvalue weighted by molar-refractivity contribution is 0.295. The maximum Gasteiger partial charge on any atom is 0.152 e. The number of pyridine rings is 1. The quantitative estimate of drug-likeness (QED) is 0.513. The number of hydrogen-bond donors (Lipinski definition) is 2. The fraction of sp³-hybridized carbons (Fsp3) is 0.167. The molecule has 0 saturated carbocycles. The first-order valence-corrected chi connectivity index (χ1v) is 3.49. The predicted molar refractivity (Wildman–Crippen MR) is 46.0 cm³/mol. The zero-order chi connectivity index (χ0) is 9.30. The second kappa shape index (κ2) is 3.14. The van der Waals surface area contributed by atoms with Gasteiger partial charge in [-0.3, -0.25) is 5.21 Å². The van der Waals surface area contributed by atoms with Gasteiger partial charge >= 0.3 is 0 Å². The summed E-state index contributed by atoms with van der Waals surface area (Å²) in [5.74, 6) is 0. The van der Waals surface area contributed by atoms with E-state index in [1.54, 1.807) is 6.92 Å². The molecule has 0 aliphatic heterocycles. The van der Waals surface area contributed by atoms with Crippen LogP contribution in [0.5, 0.6) is 0 Å². The summed E-state index contributed by atoms with van der Waals surface area (Å²) in [5, 5.41) is 18.8. The Morgan fingerprint density at radius 1 is 1.75 bits per heavy atom. The van der Waals surface area contributed by atoms with Gasteiger partial charge in [-0.2, -0.15) is 0 Å². The third-order valence-corrected chi connectivity index (χ3v) is 1.68. The molecule has 1 heterocycles. The minimum Gasteiger partial charge on any atom is -0.733 e. The van der Waals surface area contributed by atoms with Crippen LogP contribution < -0.4 is 11.0 Å². The van der Waals surface area contributed by atoms with Crippen LogP contribution in [0.3, 0.4) is 0 Å². The lowest BCUT2D eigenvalue weighted by atomic mass is 10.3.